The first-order valence-corrected chi connectivity index (χ1v) is 7.52. The minimum Gasteiger partial charge on any atom is -0.343 e. The molecule has 2 N–H and O–H groups in total. The lowest BCUT2D eigenvalue weighted by atomic mass is 10.1. The molecule has 0 aliphatic carbocycles. The molecule has 5 nitrogen and oxygen atoms in total. The Morgan fingerprint density at radius 1 is 1.05 bits per heavy atom. The summed E-state index contributed by atoms with van der Waals surface area (Å²) in [6, 6.07) is 7.17. The van der Waals surface area contributed by atoms with Crippen LogP contribution in [0.2, 0.25) is 0 Å². The molecule has 0 aliphatic rings. The predicted octanol–water partition coefficient (Wildman–Crippen LogP) is 2.63. The van der Waals surface area contributed by atoms with Crippen LogP contribution in [-0.4, -0.2) is 36.5 Å². The molecule has 0 radical (unpaired) electrons. The lowest BCUT2D eigenvalue weighted by Crippen LogP contribution is -2.31. The number of benzene rings is 1. The van der Waals surface area contributed by atoms with Gasteiger partial charge in [-0.1, -0.05) is 19.1 Å². The number of anilines is 1. The molecule has 116 valence electrons. The Kier molecular flexibility index (Phi) is 7.29. The average Bonchev–Trinajstić information content (AvgIpc) is 2.48. The fourth-order valence-electron chi connectivity index (χ4n) is 1.98. The third kappa shape index (κ3) is 5.85. The van der Waals surface area contributed by atoms with Gasteiger partial charge in [-0.25, -0.2) is 4.79 Å². The van der Waals surface area contributed by atoms with Gasteiger partial charge in [0.15, 0.2) is 0 Å². The Bertz CT molecular complexity index is 453. The van der Waals surface area contributed by atoms with Crippen molar-refractivity contribution in [2.75, 3.05) is 25.0 Å². The van der Waals surface area contributed by atoms with Crippen molar-refractivity contribution in [2.45, 2.75) is 33.6 Å². The molecule has 21 heavy (non-hydrogen) atoms. The van der Waals surface area contributed by atoms with Gasteiger partial charge in [0.1, 0.15) is 0 Å². The van der Waals surface area contributed by atoms with Crippen LogP contribution in [0.15, 0.2) is 24.3 Å². The monoisotopic (exact) mass is 291 g/mol. The summed E-state index contributed by atoms with van der Waals surface area (Å²) in [6.45, 7) is 8.07. The Hall–Kier alpha value is -2.04. The van der Waals surface area contributed by atoms with Crippen LogP contribution in [0, 0.1) is 0 Å². The number of likely N-dealkylation sites (N-methyl/N-ethyl adjacent to an activating group) is 1. The second kappa shape index (κ2) is 9.00. The molecule has 0 fully saturated rings. The van der Waals surface area contributed by atoms with Crippen molar-refractivity contribution in [1.82, 2.24) is 10.2 Å². The number of hydrogen-bond acceptors (Lipinski definition) is 2. The highest BCUT2D eigenvalue weighted by Crippen LogP contribution is 2.11. The fraction of sp³-hybridized carbons (Fsp3) is 0.500. The second-order valence-corrected chi connectivity index (χ2v) is 4.82. The number of nitrogens with one attached hydrogen (secondary N) is 2. The Labute approximate surface area is 126 Å². The van der Waals surface area contributed by atoms with Crippen molar-refractivity contribution in [1.29, 1.82) is 0 Å². The number of amides is 3. The fourth-order valence-corrected chi connectivity index (χ4v) is 1.98. The standard InChI is InChI=1S/C16H25N3O2/c1-4-11-17-16(21)18-14-9-7-13(8-10-14)12-15(20)19(5-2)6-3/h7-10H,4-6,11-12H2,1-3H3,(H2,17,18,21). The molecule has 1 rings (SSSR count). The van der Waals surface area contributed by atoms with Gasteiger partial charge in [0.25, 0.3) is 0 Å². The Morgan fingerprint density at radius 3 is 2.19 bits per heavy atom. The van der Waals surface area contributed by atoms with E-state index >= 15 is 0 Å². The molecule has 0 saturated carbocycles. The predicted molar refractivity (Wildman–Crippen MR) is 85.4 cm³/mol. The van der Waals surface area contributed by atoms with Crippen LogP contribution in [0.3, 0.4) is 0 Å². The van der Waals surface area contributed by atoms with E-state index in [4.69, 9.17) is 0 Å². The number of nitrogens with zero attached hydrogens (tertiary/aromatic N) is 1. The molecule has 1 aromatic carbocycles. The van der Waals surface area contributed by atoms with E-state index in [0.717, 1.165) is 30.8 Å². The molecule has 0 unspecified atom stereocenters. The minimum absolute atomic E-state index is 0.126. The van der Waals surface area contributed by atoms with Crippen LogP contribution < -0.4 is 10.6 Å². The third-order valence-corrected chi connectivity index (χ3v) is 3.22. The van der Waals surface area contributed by atoms with Gasteiger partial charge in [-0.2, -0.15) is 0 Å². The SMILES string of the molecule is CCCNC(=O)Nc1ccc(CC(=O)N(CC)CC)cc1. The molecular formula is C16H25N3O2. The van der Waals surface area contributed by atoms with E-state index in [1.54, 1.807) is 0 Å². The van der Waals surface area contributed by atoms with E-state index in [9.17, 15) is 9.59 Å². The van der Waals surface area contributed by atoms with E-state index in [-0.39, 0.29) is 11.9 Å². The molecule has 0 aliphatic heterocycles. The molecule has 0 heterocycles. The molecular weight excluding hydrogens is 266 g/mol. The van der Waals surface area contributed by atoms with Gasteiger partial charge in [0.05, 0.1) is 6.42 Å². The van der Waals surface area contributed by atoms with Crippen LogP contribution in [0.25, 0.3) is 0 Å². The first kappa shape index (κ1) is 17.0. The van der Waals surface area contributed by atoms with E-state index < -0.39 is 0 Å². The summed E-state index contributed by atoms with van der Waals surface area (Å²) in [7, 11) is 0. The van der Waals surface area contributed by atoms with Crippen molar-refractivity contribution in [2.24, 2.45) is 0 Å². The van der Waals surface area contributed by atoms with Gasteiger partial charge in [0, 0.05) is 25.3 Å². The van der Waals surface area contributed by atoms with Crippen LogP contribution >= 0.6 is 0 Å². The maximum Gasteiger partial charge on any atom is 0.319 e. The molecule has 1 aromatic rings. The minimum atomic E-state index is -0.205. The summed E-state index contributed by atoms with van der Waals surface area (Å²) in [5.74, 6) is 0.126. The molecule has 5 heteroatoms. The first-order chi connectivity index (χ1) is 10.1. The first-order valence-electron chi connectivity index (χ1n) is 7.52. The zero-order chi connectivity index (χ0) is 15.7. The van der Waals surface area contributed by atoms with Gasteiger partial charge in [-0.3, -0.25) is 4.79 Å². The highest BCUT2D eigenvalue weighted by atomic mass is 16.2. The van der Waals surface area contributed by atoms with Crippen LogP contribution in [0.5, 0.6) is 0 Å². The van der Waals surface area contributed by atoms with Crippen LogP contribution in [0.1, 0.15) is 32.8 Å². The van der Waals surface area contributed by atoms with E-state index in [1.165, 1.54) is 0 Å². The Balaban J connectivity index is 2.54. The summed E-state index contributed by atoms with van der Waals surface area (Å²) in [6.07, 6.45) is 1.30. The number of carbonyl (C=O) groups is 2. The smallest absolute Gasteiger partial charge is 0.319 e. The normalized spacial score (nSPS) is 10.0. The second-order valence-electron chi connectivity index (χ2n) is 4.82. The number of rotatable bonds is 7. The quantitative estimate of drug-likeness (QED) is 0.811. The lowest BCUT2D eigenvalue weighted by Gasteiger charge is -2.18. The Morgan fingerprint density at radius 2 is 1.67 bits per heavy atom. The summed E-state index contributed by atoms with van der Waals surface area (Å²) < 4.78 is 0. The molecule has 3 amide bonds. The van der Waals surface area contributed by atoms with E-state index in [2.05, 4.69) is 10.6 Å². The molecule has 0 spiro atoms. The summed E-state index contributed by atoms with van der Waals surface area (Å²) in [5.41, 5.74) is 1.68. The van der Waals surface area contributed by atoms with Crippen LogP contribution in [-0.2, 0) is 11.2 Å². The molecule has 0 atom stereocenters. The summed E-state index contributed by atoms with van der Waals surface area (Å²) in [4.78, 5) is 25.3. The summed E-state index contributed by atoms with van der Waals surface area (Å²) >= 11 is 0. The van der Waals surface area contributed by atoms with Gasteiger partial charge >= 0.3 is 6.03 Å². The van der Waals surface area contributed by atoms with E-state index in [0.29, 0.717) is 13.0 Å². The number of hydrogen-bond donors (Lipinski definition) is 2. The maximum atomic E-state index is 12.0. The zero-order valence-corrected chi connectivity index (χ0v) is 13.1. The van der Waals surface area contributed by atoms with Gasteiger partial charge < -0.3 is 15.5 Å². The van der Waals surface area contributed by atoms with Crippen LogP contribution in [0.4, 0.5) is 10.5 Å². The molecule has 0 bridgehead atoms. The zero-order valence-electron chi connectivity index (χ0n) is 13.1. The highest BCUT2D eigenvalue weighted by molar-refractivity contribution is 5.89. The highest BCUT2D eigenvalue weighted by Gasteiger charge is 2.10. The number of carbonyl (C=O) groups excluding carboxylic acids is 2. The van der Waals surface area contributed by atoms with Crippen molar-refractivity contribution in [3.05, 3.63) is 29.8 Å². The lowest BCUT2D eigenvalue weighted by molar-refractivity contribution is -0.130. The summed E-state index contributed by atoms with van der Waals surface area (Å²) in [5, 5.41) is 5.50. The van der Waals surface area contributed by atoms with Crippen molar-refractivity contribution < 1.29 is 9.59 Å². The molecule has 0 aromatic heterocycles. The third-order valence-electron chi connectivity index (χ3n) is 3.22. The number of urea groups is 1. The average molecular weight is 291 g/mol. The molecule has 0 saturated heterocycles. The topological polar surface area (TPSA) is 61.4 Å². The van der Waals surface area contributed by atoms with Gasteiger partial charge in [0.2, 0.25) is 5.91 Å². The van der Waals surface area contributed by atoms with Crippen molar-refractivity contribution in [3.8, 4) is 0 Å². The largest absolute Gasteiger partial charge is 0.343 e. The van der Waals surface area contributed by atoms with Crippen molar-refractivity contribution in [3.63, 3.8) is 0 Å². The maximum absolute atomic E-state index is 12.0. The van der Waals surface area contributed by atoms with Gasteiger partial charge in [-0.05, 0) is 38.0 Å². The van der Waals surface area contributed by atoms with Gasteiger partial charge in [-0.15, -0.1) is 0 Å². The van der Waals surface area contributed by atoms with E-state index in [1.807, 2.05) is 49.9 Å². The van der Waals surface area contributed by atoms with Crippen molar-refractivity contribution >= 4 is 17.6 Å².